The highest BCUT2D eigenvalue weighted by Crippen LogP contribution is 2.40. The third-order valence-corrected chi connectivity index (χ3v) is 5.77. The third-order valence-electron chi connectivity index (χ3n) is 4.30. The zero-order valence-corrected chi connectivity index (χ0v) is 19.2. The van der Waals surface area contributed by atoms with E-state index in [0.29, 0.717) is 38.6 Å². The van der Waals surface area contributed by atoms with Gasteiger partial charge in [0.05, 0.1) is 16.0 Å². The van der Waals surface area contributed by atoms with Crippen LogP contribution in [0.15, 0.2) is 45.8 Å². The Morgan fingerprint density at radius 1 is 1.20 bits per heavy atom. The molecule has 0 unspecified atom stereocenters. The van der Waals surface area contributed by atoms with E-state index in [2.05, 4.69) is 15.9 Å². The molecule has 3 rings (SSSR count). The maximum absolute atomic E-state index is 13.9. The van der Waals surface area contributed by atoms with Crippen molar-refractivity contribution in [2.24, 2.45) is 0 Å². The van der Waals surface area contributed by atoms with Crippen LogP contribution < -0.4 is 9.47 Å². The van der Waals surface area contributed by atoms with E-state index in [9.17, 15) is 14.0 Å². The highest BCUT2D eigenvalue weighted by Gasteiger charge is 2.36. The molecule has 30 heavy (non-hydrogen) atoms. The lowest BCUT2D eigenvalue weighted by Crippen LogP contribution is -2.34. The Morgan fingerprint density at radius 3 is 2.57 bits per heavy atom. The van der Waals surface area contributed by atoms with Crippen LogP contribution in [-0.2, 0) is 11.4 Å². The standard InChI is InChI=1S/C22H21BrFNO4S/c1-4-28-18-10-14(11-19-21(26)25(13(2)3)22(27)30-19)9-16(23)20(18)29-12-15-7-5-6-8-17(15)24/h5-11,13H,4,12H2,1-3H3/b19-11-. The zero-order valence-electron chi connectivity index (χ0n) is 16.8. The lowest BCUT2D eigenvalue weighted by atomic mass is 10.1. The largest absolute Gasteiger partial charge is 0.490 e. The fourth-order valence-corrected chi connectivity index (χ4v) is 4.45. The lowest BCUT2D eigenvalue weighted by molar-refractivity contribution is -0.123. The monoisotopic (exact) mass is 493 g/mol. The van der Waals surface area contributed by atoms with Crippen molar-refractivity contribution in [2.75, 3.05) is 6.61 Å². The molecule has 5 nitrogen and oxygen atoms in total. The van der Waals surface area contributed by atoms with Crippen molar-refractivity contribution in [1.29, 1.82) is 0 Å². The molecule has 2 aromatic carbocycles. The molecule has 0 aromatic heterocycles. The van der Waals surface area contributed by atoms with Gasteiger partial charge in [-0.3, -0.25) is 14.5 Å². The second-order valence-corrected chi connectivity index (χ2v) is 8.64. The number of nitrogens with zero attached hydrogens (tertiary/aromatic N) is 1. The highest BCUT2D eigenvalue weighted by atomic mass is 79.9. The first-order valence-electron chi connectivity index (χ1n) is 9.41. The van der Waals surface area contributed by atoms with Gasteiger partial charge in [-0.15, -0.1) is 0 Å². The Kier molecular flexibility index (Phi) is 7.20. The minimum atomic E-state index is -0.343. The summed E-state index contributed by atoms with van der Waals surface area (Å²) in [6, 6.07) is 9.69. The van der Waals surface area contributed by atoms with Gasteiger partial charge in [-0.1, -0.05) is 18.2 Å². The first-order chi connectivity index (χ1) is 14.3. The number of hydrogen-bond acceptors (Lipinski definition) is 5. The van der Waals surface area contributed by atoms with Gasteiger partial charge in [0.15, 0.2) is 11.5 Å². The van der Waals surface area contributed by atoms with E-state index in [1.54, 1.807) is 50.3 Å². The van der Waals surface area contributed by atoms with Crippen molar-refractivity contribution >= 4 is 44.9 Å². The van der Waals surface area contributed by atoms with E-state index >= 15 is 0 Å². The van der Waals surface area contributed by atoms with Gasteiger partial charge in [0, 0.05) is 11.6 Å². The van der Waals surface area contributed by atoms with Gasteiger partial charge < -0.3 is 9.47 Å². The minimum absolute atomic E-state index is 0.0397. The van der Waals surface area contributed by atoms with Crippen molar-refractivity contribution < 1.29 is 23.5 Å². The van der Waals surface area contributed by atoms with Gasteiger partial charge in [-0.05, 0) is 78.3 Å². The smallest absolute Gasteiger partial charge is 0.293 e. The molecule has 0 aliphatic carbocycles. The number of halogens is 2. The lowest BCUT2D eigenvalue weighted by Gasteiger charge is -2.16. The molecule has 0 saturated carbocycles. The van der Waals surface area contributed by atoms with Gasteiger partial charge in [-0.25, -0.2) is 4.39 Å². The molecule has 2 aromatic rings. The van der Waals surface area contributed by atoms with E-state index < -0.39 is 0 Å². The molecule has 0 atom stereocenters. The normalized spacial score (nSPS) is 15.4. The van der Waals surface area contributed by atoms with E-state index in [-0.39, 0.29) is 29.6 Å². The number of thioether (sulfide) groups is 1. The van der Waals surface area contributed by atoms with Crippen LogP contribution in [0, 0.1) is 5.82 Å². The SMILES string of the molecule is CCOc1cc(/C=C2\SC(=O)N(C(C)C)C2=O)cc(Br)c1OCc1ccccc1F. The van der Waals surface area contributed by atoms with Gasteiger partial charge in [0.2, 0.25) is 0 Å². The topological polar surface area (TPSA) is 55.8 Å². The summed E-state index contributed by atoms with van der Waals surface area (Å²) in [5.74, 6) is 0.239. The molecule has 0 spiro atoms. The first kappa shape index (κ1) is 22.4. The molecular formula is C22H21BrFNO4S. The number of carbonyl (C=O) groups is 2. The van der Waals surface area contributed by atoms with Crippen LogP contribution in [0.5, 0.6) is 11.5 Å². The number of ether oxygens (including phenoxy) is 2. The molecule has 158 valence electrons. The molecule has 0 radical (unpaired) electrons. The second-order valence-electron chi connectivity index (χ2n) is 6.79. The Bertz CT molecular complexity index is 1010. The number of imide groups is 1. The molecule has 1 saturated heterocycles. The number of hydrogen-bond donors (Lipinski definition) is 0. The number of benzene rings is 2. The fraction of sp³-hybridized carbons (Fsp3) is 0.273. The quantitative estimate of drug-likeness (QED) is 0.442. The van der Waals surface area contributed by atoms with E-state index in [1.807, 2.05) is 6.92 Å². The van der Waals surface area contributed by atoms with Crippen LogP contribution in [0.25, 0.3) is 6.08 Å². The molecule has 0 bridgehead atoms. The molecule has 1 aliphatic rings. The maximum Gasteiger partial charge on any atom is 0.293 e. The average molecular weight is 494 g/mol. The summed E-state index contributed by atoms with van der Waals surface area (Å²) in [4.78, 5) is 26.2. The minimum Gasteiger partial charge on any atom is -0.490 e. The van der Waals surface area contributed by atoms with Crippen molar-refractivity contribution in [1.82, 2.24) is 4.90 Å². The number of amides is 2. The van der Waals surface area contributed by atoms with Gasteiger partial charge in [-0.2, -0.15) is 0 Å². The zero-order chi connectivity index (χ0) is 21.8. The summed E-state index contributed by atoms with van der Waals surface area (Å²) in [5.41, 5.74) is 1.11. The van der Waals surface area contributed by atoms with Crippen LogP contribution in [0.3, 0.4) is 0 Å². The summed E-state index contributed by atoms with van der Waals surface area (Å²) in [6.07, 6.45) is 1.65. The van der Waals surface area contributed by atoms with Crippen molar-refractivity contribution in [2.45, 2.75) is 33.4 Å². The van der Waals surface area contributed by atoms with Crippen molar-refractivity contribution in [3.63, 3.8) is 0 Å². The van der Waals surface area contributed by atoms with Crippen molar-refractivity contribution in [3.8, 4) is 11.5 Å². The van der Waals surface area contributed by atoms with Gasteiger partial charge >= 0.3 is 0 Å². The van der Waals surface area contributed by atoms with Crippen LogP contribution in [0.2, 0.25) is 0 Å². The van der Waals surface area contributed by atoms with E-state index in [1.165, 1.54) is 11.0 Å². The first-order valence-corrected chi connectivity index (χ1v) is 11.0. The highest BCUT2D eigenvalue weighted by molar-refractivity contribution is 9.10. The Hall–Kier alpha value is -2.32. The molecule has 0 N–H and O–H groups in total. The third kappa shape index (κ3) is 4.87. The summed E-state index contributed by atoms with van der Waals surface area (Å²) in [5, 5.41) is -0.282. The molecular weight excluding hydrogens is 473 g/mol. The summed E-state index contributed by atoms with van der Waals surface area (Å²) in [7, 11) is 0. The summed E-state index contributed by atoms with van der Waals surface area (Å²) >= 11 is 4.39. The van der Waals surface area contributed by atoms with Gasteiger partial charge in [0.1, 0.15) is 12.4 Å². The Balaban J connectivity index is 1.89. The number of rotatable bonds is 7. The Labute approximate surface area is 187 Å². The summed E-state index contributed by atoms with van der Waals surface area (Å²) in [6.45, 7) is 5.87. The fourth-order valence-electron chi connectivity index (χ4n) is 2.92. The predicted molar refractivity (Wildman–Crippen MR) is 119 cm³/mol. The second kappa shape index (κ2) is 9.66. The van der Waals surface area contributed by atoms with Crippen LogP contribution in [0.4, 0.5) is 9.18 Å². The molecule has 8 heteroatoms. The van der Waals surface area contributed by atoms with Crippen LogP contribution in [-0.4, -0.2) is 28.7 Å². The summed E-state index contributed by atoms with van der Waals surface area (Å²) < 4.78 is 26.0. The molecule has 1 fully saturated rings. The molecule has 1 heterocycles. The van der Waals surface area contributed by atoms with Crippen LogP contribution >= 0.6 is 27.7 Å². The number of carbonyl (C=O) groups excluding carboxylic acids is 2. The van der Waals surface area contributed by atoms with E-state index in [0.717, 1.165) is 11.8 Å². The molecule has 1 aliphatic heterocycles. The van der Waals surface area contributed by atoms with Crippen molar-refractivity contribution in [3.05, 3.63) is 62.7 Å². The van der Waals surface area contributed by atoms with E-state index in [4.69, 9.17) is 9.47 Å². The molecule has 2 amide bonds. The predicted octanol–water partition coefficient (Wildman–Crippen LogP) is 6.01. The Morgan fingerprint density at radius 2 is 1.93 bits per heavy atom. The maximum atomic E-state index is 13.9. The van der Waals surface area contributed by atoms with Crippen LogP contribution in [0.1, 0.15) is 31.9 Å². The van der Waals surface area contributed by atoms with Gasteiger partial charge in [0.25, 0.3) is 11.1 Å². The average Bonchev–Trinajstić information content (AvgIpc) is 2.96.